The van der Waals surface area contributed by atoms with Gasteiger partial charge in [0.1, 0.15) is 5.69 Å². The third kappa shape index (κ3) is 2.74. The number of nitro benzene ring substituents is 1. The van der Waals surface area contributed by atoms with Crippen molar-refractivity contribution >= 4 is 27.5 Å². The number of nitrogens with one attached hydrogen (secondary N) is 1. The Kier molecular flexibility index (Phi) is 3.50. The van der Waals surface area contributed by atoms with Gasteiger partial charge in [-0.05, 0) is 22.9 Å². The standard InChI is InChI=1S/C19H13N3O3/c23-19-17(11-14-7-3-4-8-18(14)22(24)25)20-15-9-12-5-1-2-6-13(12)10-16(15)21-19/h1-10H,11H2,(H,21,23). The molecule has 0 saturated carbocycles. The van der Waals surface area contributed by atoms with Gasteiger partial charge in [-0.2, -0.15) is 0 Å². The highest BCUT2D eigenvalue weighted by Gasteiger charge is 2.15. The fraction of sp³-hybridized carbons (Fsp3) is 0.0526. The lowest BCUT2D eigenvalue weighted by Crippen LogP contribution is -2.16. The van der Waals surface area contributed by atoms with Gasteiger partial charge in [0, 0.05) is 18.1 Å². The summed E-state index contributed by atoms with van der Waals surface area (Å²) in [6.07, 6.45) is 0.106. The zero-order chi connectivity index (χ0) is 17.4. The summed E-state index contributed by atoms with van der Waals surface area (Å²) in [4.78, 5) is 30.4. The van der Waals surface area contributed by atoms with Crippen LogP contribution >= 0.6 is 0 Å². The average molecular weight is 331 g/mol. The smallest absolute Gasteiger partial charge is 0.272 e. The average Bonchev–Trinajstić information content (AvgIpc) is 2.61. The monoisotopic (exact) mass is 331 g/mol. The van der Waals surface area contributed by atoms with E-state index < -0.39 is 4.92 Å². The number of hydrogen-bond donors (Lipinski definition) is 1. The molecule has 4 aromatic rings. The summed E-state index contributed by atoms with van der Waals surface area (Å²) in [5.74, 6) is 0. The molecule has 0 unspecified atom stereocenters. The first-order valence-corrected chi connectivity index (χ1v) is 7.76. The molecule has 3 aromatic carbocycles. The zero-order valence-electron chi connectivity index (χ0n) is 13.1. The minimum absolute atomic E-state index is 0.0118. The number of aromatic amines is 1. The second-order valence-corrected chi connectivity index (χ2v) is 5.79. The zero-order valence-corrected chi connectivity index (χ0v) is 13.1. The van der Waals surface area contributed by atoms with Crippen molar-refractivity contribution in [3.05, 3.63) is 92.4 Å². The molecule has 0 spiro atoms. The second kappa shape index (κ2) is 5.83. The summed E-state index contributed by atoms with van der Waals surface area (Å²) >= 11 is 0. The third-order valence-electron chi connectivity index (χ3n) is 4.18. The van der Waals surface area contributed by atoms with Gasteiger partial charge in [0.15, 0.2) is 0 Å². The number of para-hydroxylation sites is 1. The molecule has 0 aliphatic rings. The van der Waals surface area contributed by atoms with Gasteiger partial charge < -0.3 is 4.98 Å². The van der Waals surface area contributed by atoms with Crippen LogP contribution in [0.3, 0.4) is 0 Å². The first-order valence-electron chi connectivity index (χ1n) is 7.76. The van der Waals surface area contributed by atoms with Crippen LogP contribution in [-0.4, -0.2) is 14.9 Å². The van der Waals surface area contributed by atoms with Crippen LogP contribution in [-0.2, 0) is 6.42 Å². The lowest BCUT2D eigenvalue weighted by molar-refractivity contribution is -0.385. The summed E-state index contributed by atoms with van der Waals surface area (Å²) in [5.41, 5.74) is 1.69. The van der Waals surface area contributed by atoms with Crippen LogP contribution in [0.5, 0.6) is 0 Å². The highest BCUT2D eigenvalue weighted by atomic mass is 16.6. The fourth-order valence-corrected chi connectivity index (χ4v) is 2.95. The predicted molar refractivity (Wildman–Crippen MR) is 95.8 cm³/mol. The van der Waals surface area contributed by atoms with E-state index in [0.717, 1.165) is 10.8 Å². The number of aromatic nitrogens is 2. The highest BCUT2D eigenvalue weighted by Crippen LogP contribution is 2.22. The Morgan fingerprint density at radius 1 is 1.00 bits per heavy atom. The largest absolute Gasteiger partial charge is 0.319 e. The molecule has 0 amide bonds. The molecule has 4 rings (SSSR count). The highest BCUT2D eigenvalue weighted by molar-refractivity contribution is 5.94. The first kappa shape index (κ1) is 15.0. The van der Waals surface area contributed by atoms with Crippen molar-refractivity contribution in [1.82, 2.24) is 9.97 Å². The van der Waals surface area contributed by atoms with Gasteiger partial charge >= 0.3 is 0 Å². The van der Waals surface area contributed by atoms with Gasteiger partial charge in [0.05, 0.1) is 16.0 Å². The van der Waals surface area contributed by atoms with Gasteiger partial charge in [0.25, 0.3) is 11.2 Å². The topological polar surface area (TPSA) is 88.9 Å². The first-order chi connectivity index (χ1) is 12.1. The number of H-pyrrole nitrogens is 1. The molecule has 1 N–H and O–H groups in total. The Bertz CT molecular complexity index is 1180. The maximum absolute atomic E-state index is 12.4. The van der Waals surface area contributed by atoms with E-state index in [2.05, 4.69) is 9.97 Å². The molecule has 0 aliphatic carbocycles. The maximum Gasteiger partial charge on any atom is 0.272 e. The molecule has 0 aliphatic heterocycles. The Morgan fingerprint density at radius 3 is 2.44 bits per heavy atom. The van der Waals surface area contributed by atoms with Crippen LogP contribution in [0.25, 0.3) is 21.8 Å². The van der Waals surface area contributed by atoms with Crippen molar-refractivity contribution in [2.75, 3.05) is 0 Å². The van der Waals surface area contributed by atoms with Crippen molar-refractivity contribution in [3.8, 4) is 0 Å². The van der Waals surface area contributed by atoms with E-state index in [4.69, 9.17) is 0 Å². The van der Waals surface area contributed by atoms with E-state index in [0.29, 0.717) is 16.6 Å². The number of benzene rings is 3. The molecule has 0 radical (unpaired) electrons. The molecule has 0 saturated heterocycles. The van der Waals surface area contributed by atoms with Crippen molar-refractivity contribution in [2.24, 2.45) is 0 Å². The summed E-state index contributed by atoms with van der Waals surface area (Å²) < 4.78 is 0. The molecule has 122 valence electrons. The quantitative estimate of drug-likeness (QED) is 0.353. The van der Waals surface area contributed by atoms with Crippen molar-refractivity contribution < 1.29 is 4.92 Å². The van der Waals surface area contributed by atoms with Gasteiger partial charge in [-0.3, -0.25) is 14.9 Å². The lowest BCUT2D eigenvalue weighted by atomic mass is 10.1. The number of fused-ring (bicyclic) bond motifs is 2. The molecule has 6 heteroatoms. The van der Waals surface area contributed by atoms with Crippen molar-refractivity contribution in [1.29, 1.82) is 0 Å². The van der Waals surface area contributed by atoms with Crippen LogP contribution in [0.15, 0.2) is 65.5 Å². The van der Waals surface area contributed by atoms with Crippen LogP contribution in [0, 0.1) is 10.1 Å². The minimum atomic E-state index is -0.446. The van der Waals surface area contributed by atoms with Gasteiger partial charge in [-0.15, -0.1) is 0 Å². The van der Waals surface area contributed by atoms with E-state index in [9.17, 15) is 14.9 Å². The summed E-state index contributed by atoms with van der Waals surface area (Å²) in [5, 5.41) is 13.2. The third-order valence-corrected chi connectivity index (χ3v) is 4.18. The molecule has 1 aromatic heterocycles. The van der Waals surface area contributed by atoms with E-state index in [-0.39, 0.29) is 23.4 Å². The molecule has 0 bridgehead atoms. The number of rotatable bonds is 3. The number of nitrogens with zero attached hydrogens (tertiary/aromatic N) is 2. The second-order valence-electron chi connectivity index (χ2n) is 5.79. The van der Waals surface area contributed by atoms with E-state index in [1.807, 2.05) is 36.4 Å². The molecular formula is C19H13N3O3. The molecule has 0 atom stereocenters. The Labute approximate surface area is 141 Å². The Balaban J connectivity index is 1.85. The van der Waals surface area contributed by atoms with Crippen LogP contribution in [0.1, 0.15) is 11.3 Å². The molecule has 6 nitrogen and oxygen atoms in total. The lowest BCUT2D eigenvalue weighted by Gasteiger charge is -2.05. The van der Waals surface area contributed by atoms with Gasteiger partial charge in [-0.25, -0.2) is 4.98 Å². The summed E-state index contributed by atoms with van der Waals surface area (Å²) in [6.45, 7) is 0. The Morgan fingerprint density at radius 2 is 1.68 bits per heavy atom. The van der Waals surface area contributed by atoms with Crippen LogP contribution in [0.2, 0.25) is 0 Å². The van der Waals surface area contributed by atoms with Gasteiger partial charge in [0.2, 0.25) is 0 Å². The van der Waals surface area contributed by atoms with E-state index in [1.165, 1.54) is 6.07 Å². The van der Waals surface area contributed by atoms with E-state index >= 15 is 0 Å². The molecular weight excluding hydrogens is 318 g/mol. The summed E-state index contributed by atoms with van der Waals surface area (Å²) in [7, 11) is 0. The van der Waals surface area contributed by atoms with Crippen LogP contribution in [0.4, 0.5) is 5.69 Å². The van der Waals surface area contributed by atoms with Gasteiger partial charge in [-0.1, -0.05) is 42.5 Å². The summed E-state index contributed by atoms with van der Waals surface area (Å²) in [6, 6.07) is 18.0. The number of hydrogen-bond acceptors (Lipinski definition) is 4. The predicted octanol–water partition coefficient (Wildman–Crippen LogP) is 3.58. The van der Waals surface area contributed by atoms with Crippen LogP contribution < -0.4 is 5.56 Å². The maximum atomic E-state index is 12.4. The minimum Gasteiger partial charge on any atom is -0.319 e. The fourth-order valence-electron chi connectivity index (χ4n) is 2.95. The number of nitro groups is 1. The Hall–Kier alpha value is -3.54. The SMILES string of the molecule is O=c1[nH]c2cc3ccccc3cc2nc1Cc1ccccc1[N+](=O)[O-]. The van der Waals surface area contributed by atoms with Crippen molar-refractivity contribution in [2.45, 2.75) is 6.42 Å². The molecule has 25 heavy (non-hydrogen) atoms. The normalized spacial score (nSPS) is 11.0. The van der Waals surface area contributed by atoms with Crippen molar-refractivity contribution in [3.63, 3.8) is 0 Å². The van der Waals surface area contributed by atoms with E-state index in [1.54, 1.807) is 18.2 Å². The molecule has 0 fully saturated rings. The molecule has 1 heterocycles.